The molecule has 12 nitrogen and oxygen atoms in total. The summed E-state index contributed by atoms with van der Waals surface area (Å²) in [5.41, 5.74) is 0.855. The fourth-order valence-corrected chi connectivity index (χ4v) is 6.49. The monoisotopic (exact) mass is 788 g/mol. The molecule has 2 saturated heterocycles. The zero-order valence-corrected chi connectivity index (χ0v) is 33.8. The number of nitrogens with zero attached hydrogens (tertiary/aromatic N) is 2. The Morgan fingerprint density at radius 3 is 1.48 bits per heavy atom. The molecule has 0 saturated carbocycles. The molecular weight excluding hydrogens is 735 g/mol. The molecule has 0 spiro atoms. The van der Waals surface area contributed by atoms with Crippen molar-refractivity contribution < 1.29 is 46.2 Å². The number of morpholine rings is 2. The second-order valence-electron chi connectivity index (χ2n) is 15.2. The van der Waals surface area contributed by atoms with Crippen LogP contribution in [-0.4, -0.2) is 116 Å². The summed E-state index contributed by atoms with van der Waals surface area (Å²) in [6.45, 7) is 15.3. The lowest BCUT2D eigenvalue weighted by atomic mass is 10.0. The molecule has 15 heteroatoms. The standard InChI is InChI=1S/C19H28ClNO6S.C18H26ClNO4/c1-13(27-28(5,23)24)17-11-21(18(22)26-19(2,3)4)16(12-25-17)10-14-6-8-15(20)9-7-14;1-12(21)16-10-20(17(22)24-18(2,3)4)15(11-23-16)9-13-5-7-14(19)8-6-13/h6-9,13,16-17H,10-12H2,1-5H3;5-8,12,15-16,21H,9-11H2,1-4H3/t13?,16-,17+;12?,15-,16+/m00/s1. The number of benzene rings is 2. The molecule has 2 aliphatic rings. The predicted molar refractivity (Wildman–Crippen MR) is 200 cm³/mol. The van der Waals surface area contributed by atoms with E-state index < -0.39 is 51.8 Å². The summed E-state index contributed by atoms with van der Waals surface area (Å²) in [6.07, 6.45) is -1.01. The van der Waals surface area contributed by atoms with E-state index >= 15 is 0 Å². The largest absolute Gasteiger partial charge is 0.444 e. The van der Waals surface area contributed by atoms with Gasteiger partial charge in [0.2, 0.25) is 0 Å². The summed E-state index contributed by atoms with van der Waals surface area (Å²) in [5.74, 6) is 0. The molecule has 4 rings (SSSR count). The Balaban J connectivity index is 0.000000284. The van der Waals surface area contributed by atoms with Gasteiger partial charge in [-0.1, -0.05) is 47.5 Å². The molecule has 2 fully saturated rings. The van der Waals surface area contributed by atoms with Gasteiger partial charge >= 0.3 is 12.2 Å². The SMILES string of the molecule is CC(O)[C@H]1CN(C(=O)OC(C)(C)C)[C@@H](Cc2ccc(Cl)cc2)CO1.CC(OS(C)(=O)=O)[C@H]1CN(C(=O)OC(C)(C)C)[C@@H](Cc2ccc(Cl)cc2)CO1. The van der Waals surface area contributed by atoms with E-state index in [2.05, 4.69) is 0 Å². The third-order valence-electron chi connectivity index (χ3n) is 8.05. The lowest BCUT2D eigenvalue weighted by molar-refractivity contribution is -0.106. The minimum absolute atomic E-state index is 0.143. The van der Waals surface area contributed by atoms with Crippen LogP contribution in [0.2, 0.25) is 10.0 Å². The van der Waals surface area contributed by atoms with Crippen molar-refractivity contribution in [1.82, 2.24) is 9.80 Å². The van der Waals surface area contributed by atoms with Crippen molar-refractivity contribution >= 4 is 45.5 Å². The minimum atomic E-state index is -3.63. The molecule has 0 bridgehead atoms. The second-order valence-corrected chi connectivity index (χ2v) is 17.7. The van der Waals surface area contributed by atoms with E-state index in [0.29, 0.717) is 36.0 Å². The summed E-state index contributed by atoms with van der Waals surface area (Å²) in [7, 11) is -3.63. The molecule has 2 aliphatic heterocycles. The van der Waals surface area contributed by atoms with Crippen molar-refractivity contribution in [2.24, 2.45) is 0 Å². The van der Waals surface area contributed by atoms with E-state index in [1.807, 2.05) is 57.2 Å². The lowest BCUT2D eigenvalue weighted by Crippen LogP contribution is -2.57. The number of carbonyl (C=O) groups excluding carboxylic acids is 2. The lowest BCUT2D eigenvalue weighted by Gasteiger charge is -2.41. The van der Waals surface area contributed by atoms with Crippen molar-refractivity contribution in [2.75, 3.05) is 32.6 Å². The van der Waals surface area contributed by atoms with Gasteiger partial charge < -0.3 is 24.1 Å². The van der Waals surface area contributed by atoms with Crippen molar-refractivity contribution in [1.29, 1.82) is 0 Å². The first-order valence-electron chi connectivity index (χ1n) is 17.3. The van der Waals surface area contributed by atoms with Crippen LogP contribution in [0.4, 0.5) is 9.59 Å². The molecule has 6 atom stereocenters. The highest BCUT2D eigenvalue weighted by atomic mass is 35.5. The van der Waals surface area contributed by atoms with E-state index in [0.717, 1.165) is 17.4 Å². The molecule has 2 heterocycles. The first-order chi connectivity index (χ1) is 24.0. The molecular formula is C37H54Cl2N2O10S. The smallest absolute Gasteiger partial charge is 0.410 e. The summed E-state index contributed by atoms with van der Waals surface area (Å²) in [4.78, 5) is 28.6. The fraction of sp³-hybridized carbons (Fsp3) is 0.622. The maximum Gasteiger partial charge on any atom is 0.410 e. The van der Waals surface area contributed by atoms with E-state index in [9.17, 15) is 23.1 Å². The Kier molecular flexibility index (Phi) is 15.6. The van der Waals surface area contributed by atoms with Gasteiger partial charge in [0, 0.05) is 10.0 Å². The van der Waals surface area contributed by atoms with E-state index in [4.69, 9.17) is 46.3 Å². The highest BCUT2D eigenvalue weighted by Gasteiger charge is 2.39. The molecule has 52 heavy (non-hydrogen) atoms. The Morgan fingerprint density at radius 2 is 1.13 bits per heavy atom. The predicted octanol–water partition coefficient (Wildman–Crippen LogP) is 6.52. The highest BCUT2D eigenvalue weighted by molar-refractivity contribution is 7.86. The number of halogens is 2. The van der Waals surface area contributed by atoms with Gasteiger partial charge in [-0.05, 0) is 104 Å². The third-order valence-corrected chi connectivity index (χ3v) is 9.21. The number of aliphatic hydroxyl groups is 1. The zero-order chi connectivity index (χ0) is 39.0. The maximum atomic E-state index is 12.8. The Bertz CT molecular complexity index is 1560. The topological polar surface area (TPSA) is 141 Å². The molecule has 2 unspecified atom stereocenters. The van der Waals surface area contributed by atoms with Gasteiger partial charge in [-0.3, -0.25) is 14.0 Å². The van der Waals surface area contributed by atoms with E-state index in [1.54, 1.807) is 56.6 Å². The van der Waals surface area contributed by atoms with Gasteiger partial charge in [0.25, 0.3) is 10.1 Å². The van der Waals surface area contributed by atoms with Gasteiger partial charge in [-0.25, -0.2) is 9.59 Å². The summed E-state index contributed by atoms with van der Waals surface area (Å²) < 4.78 is 50.5. The van der Waals surface area contributed by atoms with Crippen molar-refractivity contribution in [3.8, 4) is 0 Å². The van der Waals surface area contributed by atoms with Crippen LogP contribution in [0, 0.1) is 0 Å². The van der Waals surface area contributed by atoms with Crippen LogP contribution in [0.1, 0.15) is 66.5 Å². The highest BCUT2D eigenvalue weighted by Crippen LogP contribution is 2.25. The molecule has 0 aliphatic carbocycles. The number of ether oxygens (including phenoxy) is 4. The molecule has 1 N–H and O–H groups in total. The molecule has 2 aromatic rings. The molecule has 2 aromatic carbocycles. The van der Waals surface area contributed by atoms with Gasteiger partial charge in [-0.15, -0.1) is 0 Å². The molecule has 2 amide bonds. The van der Waals surface area contributed by atoms with Crippen molar-refractivity contribution in [2.45, 2.75) is 116 Å². The number of amides is 2. The molecule has 292 valence electrons. The number of aliphatic hydroxyl groups excluding tert-OH is 1. The first-order valence-corrected chi connectivity index (χ1v) is 19.8. The summed E-state index contributed by atoms with van der Waals surface area (Å²) in [6, 6.07) is 14.5. The van der Waals surface area contributed by atoms with Crippen LogP contribution < -0.4 is 0 Å². The van der Waals surface area contributed by atoms with Gasteiger partial charge in [0.1, 0.15) is 29.5 Å². The fourth-order valence-electron chi connectivity index (χ4n) is 5.57. The third kappa shape index (κ3) is 15.0. The van der Waals surface area contributed by atoms with Crippen LogP contribution in [0.25, 0.3) is 0 Å². The number of rotatable bonds is 8. The van der Waals surface area contributed by atoms with Crippen molar-refractivity contribution in [3.05, 3.63) is 69.7 Å². The first kappa shape index (κ1) is 43.8. The summed E-state index contributed by atoms with van der Waals surface area (Å²) >= 11 is 11.9. The number of hydrogen-bond acceptors (Lipinski definition) is 10. The normalized spacial score (nSPS) is 22.5. The van der Waals surface area contributed by atoms with Crippen LogP contribution >= 0.6 is 23.2 Å². The number of hydrogen-bond donors (Lipinski definition) is 1. The molecule has 0 aromatic heterocycles. The van der Waals surface area contributed by atoms with Crippen LogP contribution in [0.5, 0.6) is 0 Å². The Hall–Kier alpha value is -2.65. The zero-order valence-electron chi connectivity index (χ0n) is 31.5. The van der Waals surface area contributed by atoms with Gasteiger partial charge in [0.15, 0.2) is 0 Å². The van der Waals surface area contributed by atoms with Crippen LogP contribution in [0.15, 0.2) is 48.5 Å². The van der Waals surface area contributed by atoms with Crippen molar-refractivity contribution in [3.63, 3.8) is 0 Å². The average Bonchev–Trinajstić information content (AvgIpc) is 3.01. The Labute approximate surface area is 318 Å². The van der Waals surface area contributed by atoms with Gasteiger partial charge in [0.05, 0.1) is 50.7 Å². The Morgan fingerprint density at radius 1 is 0.769 bits per heavy atom. The van der Waals surface area contributed by atoms with Crippen LogP contribution in [-0.2, 0) is 46.1 Å². The minimum Gasteiger partial charge on any atom is -0.444 e. The summed E-state index contributed by atoms with van der Waals surface area (Å²) in [5, 5.41) is 11.1. The van der Waals surface area contributed by atoms with E-state index in [-0.39, 0.29) is 31.3 Å². The quantitative estimate of drug-likeness (QED) is 0.294. The average molecular weight is 790 g/mol. The second kappa shape index (κ2) is 18.6. The van der Waals surface area contributed by atoms with Crippen LogP contribution in [0.3, 0.4) is 0 Å². The number of carbonyl (C=O) groups is 2. The van der Waals surface area contributed by atoms with Gasteiger partial charge in [-0.2, -0.15) is 8.42 Å². The maximum absolute atomic E-state index is 12.8. The molecule has 0 radical (unpaired) electrons. The van der Waals surface area contributed by atoms with E-state index in [1.165, 1.54) is 0 Å².